The van der Waals surface area contributed by atoms with Crippen molar-refractivity contribution in [1.82, 2.24) is 9.78 Å². The predicted octanol–water partition coefficient (Wildman–Crippen LogP) is 5.65. The summed E-state index contributed by atoms with van der Waals surface area (Å²) in [5, 5.41) is 14.9. The Bertz CT molecular complexity index is 1340. The number of carbonyl (C=O) groups is 2. The summed E-state index contributed by atoms with van der Waals surface area (Å²) in [6, 6.07) is 17.1. The molecule has 4 rings (SSSR count). The number of carbonyl (C=O) groups excluding carboxylic acids is 1. The third-order valence-electron chi connectivity index (χ3n) is 4.93. The van der Waals surface area contributed by atoms with Crippen molar-refractivity contribution in [2.75, 3.05) is 5.32 Å². The molecule has 0 radical (unpaired) electrons. The largest absolute Gasteiger partial charge is 0.478 e. The lowest BCUT2D eigenvalue weighted by molar-refractivity contribution is -0.141. The van der Waals surface area contributed by atoms with E-state index < -0.39 is 35.1 Å². The lowest BCUT2D eigenvalue weighted by atomic mass is 10.0. The number of aromatic nitrogens is 2. The summed E-state index contributed by atoms with van der Waals surface area (Å²) < 4.78 is 54.5. The number of anilines is 1. The van der Waals surface area contributed by atoms with E-state index in [9.17, 15) is 27.2 Å². The van der Waals surface area contributed by atoms with Crippen LogP contribution in [0.5, 0.6) is 0 Å². The number of halogens is 4. The molecule has 0 bridgehead atoms. The van der Waals surface area contributed by atoms with E-state index in [2.05, 4.69) is 10.4 Å². The highest BCUT2D eigenvalue weighted by molar-refractivity contribution is 6.05. The molecule has 0 aliphatic carbocycles. The normalized spacial score (nSPS) is 11.3. The number of alkyl halides is 3. The first-order valence-corrected chi connectivity index (χ1v) is 9.80. The van der Waals surface area contributed by atoms with Gasteiger partial charge in [0.15, 0.2) is 5.69 Å². The van der Waals surface area contributed by atoms with Crippen LogP contribution in [0.25, 0.3) is 16.8 Å². The molecule has 6 nitrogen and oxygen atoms in total. The number of carboxylic acid groups (broad SMARTS) is 1. The Morgan fingerprint density at radius 2 is 1.41 bits per heavy atom. The maximum Gasteiger partial charge on any atom is 0.435 e. The van der Waals surface area contributed by atoms with Crippen molar-refractivity contribution < 1.29 is 32.3 Å². The van der Waals surface area contributed by atoms with Crippen molar-refractivity contribution in [3.05, 3.63) is 102 Å². The Labute approximate surface area is 190 Å². The van der Waals surface area contributed by atoms with Crippen LogP contribution in [-0.2, 0) is 6.18 Å². The maximum atomic E-state index is 13.5. The average molecular weight is 469 g/mol. The second-order valence-electron chi connectivity index (χ2n) is 7.22. The zero-order valence-corrected chi connectivity index (χ0v) is 17.2. The number of hydrogen-bond donors (Lipinski definition) is 2. The summed E-state index contributed by atoms with van der Waals surface area (Å²) in [6.07, 6.45) is -3.95. The molecule has 0 aliphatic heterocycles. The Morgan fingerprint density at radius 1 is 0.853 bits per heavy atom. The molecule has 0 atom stereocenters. The van der Waals surface area contributed by atoms with Crippen LogP contribution in [0.1, 0.15) is 26.4 Å². The summed E-state index contributed by atoms with van der Waals surface area (Å²) >= 11 is 0. The number of rotatable bonds is 5. The number of nitrogens with zero attached hydrogens (tertiary/aromatic N) is 2. The number of aromatic carboxylic acids is 1. The third kappa shape index (κ3) is 4.80. The number of benzene rings is 3. The number of nitrogens with one attached hydrogen (secondary N) is 1. The van der Waals surface area contributed by atoms with Crippen LogP contribution in [0.15, 0.2) is 79.0 Å². The van der Waals surface area contributed by atoms with E-state index in [1.165, 1.54) is 36.4 Å². The molecule has 0 aliphatic rings. The predicted molar refractivity (Wildman–Crippen MR) is 115 cm³/mol. The van der Waals surface area contributed by atoms with Gasteiger partial charge >= 0.3 is 12.1 Å². The smallest absolute Gasteiger partial charge is 0.435 e. The quantitative estimate of drug-likeness (QED) is 0.370. The molecule has 0 spiro atoms. The van der Waals surface area contributed by atoms with Crippen LogP contribution >= 0.6 is 0 Å². The zero-order valence-electron chi connectivity index (χ0n) is 17.2. The van der Waals surface area contributed by atoms with E-state index >= 15 is 0 Å². The van der Waals surface area contributed by atoms with Crippen LogP contribution in [0, 0.1) is 5.82 Å². The van der Waals surface area contributed by atoms with Crippen molar-refractivity contribution in [3.8, 4) is 16.8 Å². The second kappa shape index (κ2) is 8.81. The molecule has 1 aromatic heterocycles. The van der Waals surface area contributed by atoms with Gasteiger partial charge in [0.2, 0.25) is 0 Å². The first kappa shape index (κ1) is 22.7. The van der Waals surface area contributed by atoms with Gasteiger partial charge in [0.25, 0.3) is 5.91 Å². The fourth-order valence-corrected chi connectivity index (χ4v) is 3.23. The van der Waals surface area contributed by atoms with E-state index in [0.29, 0.717) is 0 Å². The van der Waals surface area contributed by atoms with Gasteiger partial charge in [-0.15, -0.1) is 0 Å². The number of amides is 1. The molecule has 172 valence electrons. The molecule has 0 saturated heterocycles. The number of carboxylic acids is 1. The highest BCUT2D eigenvalue weighted by Gasteiger charge is 2.39. The maximum absolute atomic E-state index is 13.5. The molecule has 4 aromatic rings. The van der Waals surface area contributed by atoms with Crippen LogP contribution < -0.4 is 5.32 Å². The van der Waals surface area contributed by atoms with Gasteiger partial charge in [-0.3, -0.25) is 4.79 Å². The van der Waals surface area contributed by atoms with Gasteiger partial charge in [0.1, 0.15) is 5.82 Å². The Hall–Kier alpha value is -4.47. The van der Waals surface area contributed by atoms with E-state index in [0.717, 1.165) is 34.1 Å². The van der Waals surface area contributed by atoms with Gasteiger partial charge < -0.3 is 10.4 Å². The molecular weight excluding hydrogens is 454 g/mol. The monoisotopic (exact) mass is 469 g/mol. The van der Waals surface area contributed by atoms with E-state index in [1.807, 2.05) is 0 Å². The molecule has 3 aromatic carbocycles. The first-order valence-electron chi connectivity index (χ1n) is 9.80. The highest BCUT2D eigenvalue weighted by atomic mass is 19.4. The summed E-state index contributed by atoms with van der Waals surface area (Å²) in [6.45, 7) is 0. The number of hydrogen-bond acceptors (Lipinski definition) is 3. The molecule has 2 N–H and O–H groups in total. The van der Waals surface area contributed by atoms with E-state index in [-0.39, 0.29) is 16.9 Å². The lowest BCUT2D eigenvalue weighted by Gasteiger charge is -2.08. The second-order valence-corrected chi connectivity index (χ2v) is 7.22. The average Bonchev–Trinajstić information content (AvgIpc) is 3.27. The molecule has 1 amide bonds. The van der Waals surface area contributed by atoms with Gasteiger partial charge in [-0.1, -0.05) is 24.3 Å². The van der Waals surface area contributed by atoms with Crippen molar-refractivity contribution in [3.63, 3.8) is 0 Å². The Balaban J connectivity index is 1.57. The van der Waals surface area contributed by atoms with Gasteiger partial charge in [-0.25, -0.2) is 13.9 Å². The SMILES string of the molecule is O=C(O)c1ccc(-c2ccc(NC(=O)c3cn(-c4ccc(F)cc4)nc3C(F)(F)F)cc2)cc1. The fraction of sp³-hybridized carbons (Fsp3) is 0.0417. The van der Waals surface area contributed by atoms with Crippen LogP contribution in [0.2, 0.25) is 0 Å². The van der Waals surface area contributed by atoms with Crippen molar-refractivity contribution in [1.29, 1.82) is 0 Å². The summed E-state index contributed by atoms with van der Waals surface area (Å²) in [5.41, 5.74) is -0.0791. The Kier molecular flexibility index (Phi) is 5.89. The highest BCUT2D eigenvalue weighted by Crippen LogP contribution is 2.32. The zero-order chi connectivity index (χ0) is 24.5. The molecule has 0 saturated carbocycles. The van der Waals surface area contributed by atoms with Crippen LogP contribution in [-0.4, -0.2) is 26.8 Å². The van der Waals surface area contributed by atoms with Crippen molar-refractivity contribution in [2.24, 2.45) is 0 Å². The topological polar surface area (TPSA) is 84.2 Å². The lowest BCUT2D eigenvalue weighted by Crippen LogP contribution is -2.17. The fourth-order valence-electron chi connectivity index (χ4n) is 3.23. The molecule has 0 fully saturated rings. The summed E-state index contributed by atoms with van der Waals surface area (Å²) in [5.74, 6) is -2.63. The third-order valence-corrected chi connectivity index (χ3v) is 4.93. The van der Waals surface area contributed by atoms with E-state index in [4.69, 9.17) is 5.11 Å². The van der Waals surface area contributed by atoms with Gasteiger partial charge in [0, 0.05) is 11.9 Å². The van der Waals surface area contributed by atoms with Crippen molar-refractivity contribution >= 4 is 17.6 Å². The molecule has 34 heavy (non-hydrogen) atoms. The first-order chi connectivity index (χ1) is 16.1. The minimum Gasteiger partial charge on any atom is -0.478 e. The standard InChI is InChI=1S/C24H15F4N3O3/c25-17-7-11-19(12-8-17)31-13-20(21(30-31)24(26,27)28)22(32)29-18-9-5-15(6-10-18)14-1-3-16(4-2-14)23(33)34/h1-13H,(H,29,32)(H,33,34). The molecule has 1 heterocycles. The minimum absolute atomic E-state index is 0.134. The summed E-state index contributed by atoms with van der Waals surface area (Å²) in [4.78, 5) is 23.6. The van der Waals surface area contributed by atoms with Gasteiger partial charge in [-0.2, -0.15) is 18.3 Å². The molecule has 0 unspecified atom stereocenters. The summed E-state index contributed by atoms with van der Waals surface area (Å²) in [7, 11) is 0. The van der Waals surface area contributed by atoms with Crippen LogP contribution in [0.3, 0.4) is 0 Å². The van der Waals surface area contributed by atoms with Gasteiger partial charge in [-0.05, 0) is 59.7 Å². The van der Waals surface area contributed by atoms with Crippen molar-refractivity contribution in [2.45, 2.75) is 6.18 Å². The molecular formula is C24H15F4N3O3. The minimum atomic E-state index is -4.88. The van der Waals surface area contributed by atoms with Crippen LogP contribution in [0.4, 0.5) is 23.2 Å². The van der Waals surface area contributed by atoms with E-state index in [1.54, 1.807) is 24.3 Å². The molecule has 10 heteroatoms. The Morgan fingerprint density at radius 3 is 1.94 bits per heavy atom. The van der Waals surface area contributed by atoms with Gasteiger partial charge in [0.05, 0.1) is 16.8 Å².